The second-order valence-electron chi connectivity index (χ2n) is 3.53. The van der Waals surface area contributed by atoms with Crippen LogP contribution in [-0.2, 0) is 18.4 Å². The van der Waals surface area contributed by atoms with Gasteiger partial charge in [-0.3, -0.25) is 15.3 Å². The zero-order valence-electron chi connectivity index (χ0n) is 10.0. The van der Waals surface area contributed by atoms with Crippen LogP contribution >= 0.6 is 11.3 Å². The summed E-state index contributed by atoms with van der Waals surface area (Å²) in [5.74, 6) is 0.490. The molecule has 8 heteroatoms. The zero-order chi connectivity index (χ0) is 13.0. The second-order valence-corrected chi connectivity index (χ2v) is 4.39. The maximum Gasteiger partial charge on any atom is 0.326 e. The molecule has 0 spiro atoms. The molecular weight excluding hydrogens is 254 g/mol. The topological polar surface area (TPSA) is 81.1 Å². The van der Waals surface area contributed by atoms with Gasteiger partial charge in [-0.2, -0.15) is 5.10 Å². The standard InChI is InChI=1S/C10H13N5O2S/c1-15-4-3-8(14-15)12-9(16)13-10-11-7(5-17-2)6-18-10/h3-4,6H,5H2,1-2H3,(H2,11,12,13,14,16). The van der Waals surface area contributed by atoms with E-state index in [1.54, 1.807) is 31.1 Å². The lowest BCUT2D eigenvalue weighted by Gasteiger charge is -2.01. The highest BCUT2D eigenvalue weighted by atomic mass is 32.1. The van der Waals surface area contributed by atoms with Gasteiger partial charge in [0.1, 0.15) is 0 Å². The van der Waals surface area contributed by atoms with Gasteiger partial charge in [-0.1, -0.05) is 0 Å². The molecule has 96 valence electrons. The fourth-order valence-corrected chi connectivity index (χ4v) is 1.99. The summed E-state index contributed by atoms with van der Waals surface area (Å²) in [7, 11) is 3.38. The third kappa shape index (κ3) is 3.28. The number of hydrogen-bond acceptors (Lipinski definition) is 5. The first kappa shape index (κ1) is 12.5. The van der Waals surface area contributed by atoms with Crippen LogP contribution in [0.1, 0.15) is 5.69 Å². The van der Waals surface area contributed by atoms with Crippen molar-refractivity contribution < 1.29 is 9.53 Å². The predicted molar refractivity (Wildman–Crippen MR) is 68.7 cm³/mol. The molecule has 2 aromatic rings. The highest BCUT2D eigenvalue weighted by Crippen LogP contribution is 2.16. The number of carbonyl (C=O) groups excluding carboxylic acids is 1. The highest BCUT2D eigenvalue weighted by molar-refractivity contribution is 7.13. The Morgan fingerprint density at radius 3 is 3.06 bits per heavy atom. The van der Waals surface area contributed by atoms with Gasteiger partial charge in [0, 0.05) is 31.8 Å². The van der Waals surface area contributed by atoms with Crippen LogP contribution in [0.3, 0.4) is 0 Å². The Balaban J connectivity index is 1.90. The summed E-state index contributed by atoms with van der Waals surface area (Å²) in [6, 6.07) is 1.34. The van der Waals surface area contributed by atoms with E-state index < -0.39 is 0 Å². The number of hydrogen-bond donors (Lipinski definition) is 2. The Morgan fingerprint density at radius 2 is 2.39 bits per heavy atom. The largest absolute Gasteiger partial charge is 0.378 e. The van der Waals surface area contributed by atoms with E-state index in [4.69, 9.17) is 4.74 Å². The Labute approximate surface area is 108 Å². The van der Waals surface area contributed by atoms with Crippen LogP contribution in [0.4, 0.5) is 15.7 Å². The fourth-order valence-electron chi connectivity index (χ4n) is 1.30. The van der Waals surface area contributed by atoms with Crippen LogP contribution in [0, 0.1) is 0 Å². The molecule has 2 amide bonds. The number of nitrogens with one attached hydrogen (secondary N) is 2. The van der Waals surface area contributed by atoms with E-state index in [-0.39, 0.29) is 6.03 Å². The van der Waals surface area contributed by atoms with Crippen molar-refractivity contribution in [2.24, 2.45) is 7.05 Å². The molecule has 7 nitrogen and oxygen atoms in total. The number of aryl methyl sites for hydroxylation is 1. The molecule has 2 aromatic heterocycles. The number of thiazole rings is 1. The van der Waals surface area contributed by atoms with E-state index >= 15 is 0 Å². The summed E-state index contributed by atoms with van der Waals surface area (Å²) < 4.78 is 6.55. The van der Waals surface area contributed by atoms with Crippen LogP contribution in [0.2, 0.25) is 0 Å². The summed E-state index contributed by atoms with van der Waals surface area (Å²) in [5.41, 5.74) is 0.788. The number of aromatic nitrogens is 3. The normalized spacial score (nSPS) is 10.3. The first-order valence-electron chi connectivity index (χ1n) is 5.18. The molecule has 0 unspecified atom stereocenters. The second kappa shape index (κ2) is 5.61. The number of nitrogens with zero attached hydrogens (tertiary/aromatic N) is 3. The molecule has 0 aliphatic heterocycles. The van der Waals surface area contributed by atoms with Crippen LogP contribution in [0.15, 0.2) is 17.6 Å². The molecule has 0 atom stereocenters. The molecule has 0 aliphatic carbocycles. The van der Waals surface area contributed by atoms with Crippen LogP contribution in [0.5, 0.6) is 0 Å². The third-order valence-corrected chi connectivity index (χ3v) is 2.83. The van der Waals surface area contributed by atoms with E-state index in [9.17, 15) is 4.79 Å². The van der Waals surface area contributed by atoms with E-state index in [0.29, 0.717) is 17.6 Å². The van der Waals surface area contributed by atoms with E-state index in [1.165, 1.54) is 11.3 Å². The van der Waals surface area contributed by atoms with Crippen molar-refractivity contribution >= 4 is 28.3 Å². The smallest absolute Gasteiger partial charge is 0.326 e. The minimum atomic E-state index is -0.369. The summed E-state index contributed by atoms with van der Waals surface area (Å²) in [6.07, 6.45) is 1.75. The lowest BCUT2D eigenvalue weighted by molar-refractivity contribution is 0.182. The van der Waals surface area contributed by atoms with Gasteiger partial charge >= 0.3 is 6.03 Å². The Morgan fingerprint density at radius 1 is 1.56 bits per heavy atom. The maximum absolute atomic E-state index is 11.6. The summed E-state index contributed by atoms with van der Waals surface area (Å²) in [4.78, 5) is 15.8. The van der Waals surface area contributed by atoms with Gasteiger partial charge in [0.05, 0.1) is 12.3 Å². The van der Waals surface area contributed by atoms with Gasteiger partial charge in [-0.05, 0) is 0 Å². The minimum Gasteiger partial charge on any atom is -0.378 e. The van der Waals surface area contributed by atoms with Crippen molar-refractivity contribution in [1.82, 2.24) is 14.8 Å². The zero-order valence-corrected chi connectivity index (χ0v) is 10.8. The molecule has 0 bridgehead atoms. The van der Waals surface area contributed by atoms with Crippen LogP contribution in [0.25, 0.3) is 0 Å². The molecular formula is C10H13N5O2S. The third-order valence-electron chi connectivity index (χ3n) is 2.02. The number of amides is 2. The molecule has 2 N–H and O–H groups in total. The van der Waals surface area contributed by atoms with Crippen molar-refractivity contribution in [3.05, 3.63) is 23.3 Å². The van der Waals surface area contributed by atoms with Gasteiger partial charge in [0.15, 0.2) is 10.9 Å². The van der Waals surface area contributed by atoms with Gasteiger partial charge in [-0.15, -0.1) is 11.3 Å². The molecule has 2 rings (SSSR count). The minimum absolute atomic E-state index is 0.369. The number of urea groups is 1. The average molecular weight is 267 g/mol. The van der Waals surface area contributed by atoms with Crippen molar-refractivity contribution in [3.63, 3.8) is 0 Å². The molecule has 0 aromatic carbocycles. The summed E-state index contributed by atoms with van der Waals surface area (Å²) in [6.45, 7) is 0.431. The lowest BCUT2D eigenvalue weighted by Crippen LogP contribution is -2.19. The van der Waals surface area contributed by atoms with Crippen molar-refractivity contribution in [2.75, 3.05) is 17.7 Å². The molecule has 0 aliphatic rings. The van der Waals surface area contributed by atoms with Gasteiger partial charge in [-0.25, -0.2) is 9.78 Å². The lowest BCUT2D eigenvalue weighted by atomic mass is 10.5. The predicted octanol–water partition coefficient (Wildman–Crippen LogP) is 1.67. The first-order valence-corrected chi connectivity index (χ1v) is 6.06. The molecule has 2 heterocycles. The molecule has 18 heavy (non-hydrogen) atoms. The fraction of sp³-hybridized carbons (Fsp3) is 0.300. The molecule has 0 radical (unpaired) electrons. The molecule has 0 saturated heterocycles. The Hall–Kier alpha value is -1.93. The number of carbonyl (C=O) groups is 1. The summed E-state index contributed by atoms with van der Waals surface area (Å²) >= 11 is 1.34. The molecule has 0 saturated carbocycles. The number of methoxy groups -OCH3 is 1. The Kier molecular flexibility index (Phi) is 3.90. The number of rotatable bonds is 4. The monoisotopic (exact) mass is 267 g/mol. The average Bonchev–Trinajstić information content (AvgIpc) is 2.89. The van der Waals surface area contributed by atoms with Crippen molar-refractivity contribution in [1.29, 1.82) is 0 Å². The highest BCUT2D eigenvalue weighted by Gasteiger charge is 2.07. The van der Waals surface area contributed by atoms with Gasteiger partial charge < -0.3 is 4.74 Å². The summed E-state index contributed by atoms with van der Waals surface area (Å²) in [5, 5.41) is 11.6. The van der Waals surface area contributed by atoms with Gasteiger partial charge in [0.2, 0.25) is 0 Å². The Bertz CT molecular complexity index is 536. The quantitative estimate of drug-likeness (QED) is 0.883. The van der Waals surface area contributed by atoms with Gasteiger partial charge in [0.25, 0.3) is 0 Å². The van der Waals surface area contributed by atoms with E-state index in [0.717, 1.165) is 5.69 Å². The van der Waals surface area contributed by atoms with E-state index in [2.05, 4.69) is 20.7 Å². The number of ether oxygens (including phenoxy) is 1. The first-order chi connectivity index (χ1) is 8.67. The van der Waals surface area contributed by atoms with Crippen LogP contribution < -0.4 is 10.6 Å². The van der Waals surface area contributed by atoms with E-state index in [1.807, 2.05) is 5.38 Å². The van der Waals surface area contributed by atoms with Crippen LogP contribution in [-0.4, -0.2) is 27.9 Å². The number of anilines is 2. The molecule has 0 fully saturated rings. The van der Waals surface area contributed by atoms with Crippen molar-refractivity contribution in [3.8, 4) is 0 Å². The SMILES string of the molecule is COCc1csc(NC(=O)Nc2ccn(C)n2)n1. The maximum atomic E-state index is 11.6. The van der Waals surface area contributed by atoms with Crippen molar-refractivity contribution in [2.45, 2.75) is 6.61 Å².